The molecule has 1 heterocycles. The minimum Gasteiger partial charge on any atom is -0.458 e. The Labute approximate surface area is 122 Å². The summed E-state index contributed by atoms with van der Waals surface area (Å²) in [5, 5.41) is 12.2. The Morgan fingerprint density at radius 1 is 1.05 bits per heavy atom. The molecule has 2 aromatic carbocycles. The average molecular weight is 287 g/mol. The van der Waals surface area contributed by atoms with Crippen molar-refractivity contribution in [3.8, 4) is 0 Å². The molecular weight excluding hydrogens is 272 g/mol. The van der Waals surface area contributed by atoms with Gasteiger partial charge in [-0.3, -0.25) is 0 Å². The first-order valence-electron chi connectivity index (χ1n) is 6.49. The summed E-state index contributed by atoms with van der Waals surface area (Å²) < 4.78 is 5.82. The number of aliphatic hydroxyl groups excluding tert-OH is 1. The van der Waals surface area contributed by atoms with Gasteiger partial charge in [0.2, 0.25) is 0 Å². The van der Waals surface area contributed by atoms with Crippen molar-refractivity contribution in [3.05, 3.63) is 69.9 Å². The smallest absolute Gasteiger partial charge is 0.141 e. The van der Waals surface area contributed by atoms with E-state index < -0.39 is 6.10 Å². The molecule has 1 N–H and O–H groups in total. The third-order valence-electron chi connectivity index (χ3n) is 3.56. The number of aliphatic hydroxyl groups is 1. The first kappa shape index (κ1) is 13.2. The molecule has 0 amide bonds. The number of hydrogen-bond donors (Lipinski definition) is 1. The topological polar surface area (TPSA) is 33.4 Å². The molecular formula is C17H15ClO2. The summed E-state index contributed by atoms with van der Waals surface area (Å²) in [6.45, 7) is 4.01. The van der Waals surface area contributed by atoms with Crippen LogP contribution in [0.4, 0.5) is 0 Å². The Hall–Kier alpha value is -1.77. The molecule has 2 nitrogen and oxygen atoms in total. The lowest BCUT2D eigenvalue weighted by Crippen LogP contribution is -1.99. The fourth-order valence-electron chi connectivity index (χ4n) is 2.41. The van der Waals surface area contributed by atoms with Gasteiger partial charge in [-0.05, 0) is 43.7 Å². The maximum atomic E-state index is 10.5. The lowest BCUT2D eigenvalue weighted by molar-refractivity contribution is 0.191. The number of halogens is 1. The number of furan rings is 1. The predicted molar refractivity (Wildman–Crippen MR) is 81.2 cm³/mol. The molecule has 0 spiro atoms. The van der Waals surface area contributed by atoms with Crippen LogP contribution in [0.5, 0.6) is 0 Å². The molecule has 20 heavy (non-hydrogen) atoms. The molecule has 1 atom stereocenters. The van der Waals surface area contributed by atoms with Gasteiger partial charge >= 0.3 is 0 Å². The molecule has 3 aromatic rings. The summed E-state index contributed by atoms with van der Waals surface area (Å²) in [5.74, 6) is 0.591. The number of rotatable bonds is 2. The van der Waals surface area contributed by atoms with Crippen molar-refractivity contribution < 1.29 is 9.52 Å². The third kappa shape index (κ3) is 2.21. The van der Waals surface area contributed by atoms with Crippen LogP contribution < -0.4 is 0 Å². The summed E-state index contributed by atoms with van der Waals surface area (Å²) in [5.41, 5.74) is 3.73. The summed E-state index contributed by atoms with van der Waals surface area (Å²) in [6, 6.07) is 13.2. The number of fused-ring (bicyclic) bond motifs is 1. The van der Waals surface area contributed by atoms with E-state index in [4.69, 9.17) is 16.0 Å². The van der Waals surface area contributed by atoms with Crippen LogP contribution in [-0.2, 0) is 0 Å². The van der Waals surface area contributed by atoms with Crippen LogP contribution in [-0.4, -0.2) is 5.11 Å². The highest BCUT2D eigenvalue weighted by Crippen LogP contribution is 2.33. The van der Waals surface area contributed by atoms with Crippen LogP contribution in [0, 0.1) is 13.8 Å². The van der Waals surface area contributed by atoms with E-state index >= 15 is 0 Å². The normalized spacial score (nSPS) is 12.8. The zero-order chi connectivity index (χ0) is 14.3. The van der Waals surface area contributed by atoms with Gasteiger partial charge in [-0.2, -0.15) is 0 Å². The van der Waals surface area contributed by atoms with Gasteiger partial charge < -0.3 is 9.52 Å². The summed E-state index contributed by atoms with van der Waals surface area (Å²) in [4.78, 5) is 0. The lowest BCUT2D eigenvalue weighted by Gasteiger charge is -2.09. The van der Waals surface area contributed by atoms with E-state index in [1.54, 1.807) is 12.1 Å². The molecule has 102 valence electrons. The van der Waals surface area contributed by atoms with Crippen LogP contribution >= 0.6 is 11.6 Å². The molecule has 0 aliphatic heterocycles. The van der Waals surface area contributed by atoms with Crippen molar-refractivity contribution >= 4 is 22.6 Å². The molecule has 0 bridgehead atoms. The number of benzene rings is 2. The van der Waals surface area contributed by atoms with E-state index in [0.717, 1.165) is 22.1 Å². The van der Waals surface area contributed by atoms with Crippen LogP contribution in [0.1, 0.15) is 28.6 Å². The number of hydrogen-bond acceptors (Lipinski definition) is 2. The van der Waals surface area contributed by atoms with Gasteiger partial charge in [-0.1, -0.05) is 35.4 Å². The molecule has 0 aliphatic rings. The second kappa shape index (κ2) is 4.97. The van der Waals surface area contributed by atoms with Gasteiger partial charge in [0.05, 0.1) is 0 Å². The molecule has 1 aromatic heterocycles. The van der Waals surface area contributed by atoms with E-state index in [-0.39, 0.29) is 0 Å². The highest BCUT2D eigenvalue weighted by atomic mass is 35.5. The maximum absolute atomic E-state index is 10.5. The Balaban J connectivity index is 2.09. The van der Waals surface area contributed by atoms with Gasteiger partial charge in [-0.15, -0.1) is 0 Å². The van der Waals surface area contributed by atoms with E-state index in [1.807, 2.05) is 38.1 Å². The molecule has 3 rings (SSSR count). The number of aryl methyl sites for hydroxylation is 2. The average Bonchev–Trinajstić information content (AvgIpc) is 2.76. The van der Waals surface area contributed by atoms with Gasteiger partial charge in [0.15, 0.2) is 0 Å². The summed E-state index contributed by atoms with van der Waals surface area (Å²) in [7, 11) is 0. The standard InChI is InChI=1S/C17H15ClO2/c1-10-3-8-15-14(9-10)11(2)17(20-15)16(19)12-4-6-13(18)7-5-12/h3-9,16,19H,1-2H3. The molecule has 1 unspecified atom stereocenters. The second-order valence-electron chi connectivity index (χ2n) is 5.05. The first-order chi connectivity index (χ1) is 9.56. The van der Waals surface area contributed by atoms with Crippen LogP contribution in [0.15, 0.2) is 46.9 Å². The minimum absolute atomic E-state index is 0.591. The Morgan fingerprint density at radius 3 is 2.45 bits per heavy atom. The van der Waals surface area contributed by atoms with Crippen molar-refractivity contribution in [2.24, 2.45) is 0 Å². The van der Waals surface area contributed by atoms with Gasteiger partial charge in [-0.25, -0.2) is 0 Å². The van der Waals surface area contributed by atoms with Crippen molar-refractivity contribution in [2.75, 3.05) is 0 Å². The fraction of sp³-hybridized carbons (Fsp3) is 0.176. The molecule has 3 heteroatoms. The second-order valence-corrected chi connectivity index (χ2v) is 5.48. The minimum atomic E-state index is -0.778. The third-order valence-corrected chi connectivity index (χ3v) is 3.81. The highest BCUT2D eigenvalue weighted by Gasteiger charge is 2.19. The monoisotopic (exact) mass is 286 g/mol. The van der Waals surface area contributed by atoms with Crippen LogP contribution in [0.2, 0.25) is 5.02 Å². The molecule has 0 radical (unpaired) electrons. The molecule has 0 fully saturated rings. The molecule has 0 saturated heterocycles. The fourth-order valence-corrected chi connectivity index (χ4v) is 2.54. The predicted octanol–water partition coefficient (Wildman–Crippen LogP) is 4.78. The Morgan fingerprint density at radius 2 is 1.75 bits per heavy atom. The quantitative estimate of drug-likeness (QED) is 0.735. The summed E-state index contributed by atoms with van der Waals surface area (Å²) >= 11 is 5.87. The largest absolute Gasteiger partial charge is 0.458 e. The highest BCUT2D eigenvalue weighted by molar-refractivity contribution is 6.30. The Bertz CT molecular complexity index is 757. The van der Waals surface area contributed by atoms with Gasteiger partial charge in [0.25, 0.3) is 0 Å². The summed E-state index contributed by atoms with van der Waals surface area (Å²) in [6.07, 6.45) is -0.778. The van der Waals surface area contributed by atoms with Crippen LogP contribution in [0.25, 0.3) is 11.0 Å². The van der Waals surface area contributed by atoms with Crippen molar-refractivity contribution in [1.29, 1.82) is 0 Å². The van der Waals surface area contributed by atoms with E-state index in [1.165, 1.54) is 5.56 Å². The SMILES string of the molecule is Cc1ccc2oc(C(O)c3ccc(Cl)cc3)c(C)c2c1. The zero-order valence-electron chi connectivity index (χ0n) is 11.4. The van der Waals surface area contributed by atoms with E-state index in [9.17, 15) is 5.11 Å². The van der Waals surface area contributed by atoms with E-state index in [0.29, 0.717) is 10.8 Å². The lowest BCUT2D eigenvalue weighted by atomic mass is 10.0. The van der Waals surface area contributed by atoms with Gasteiger partial charge in [0.1, 0.15) is 17.4 Å². The first-order valence-corrected chi connectivity index (χ1v) is 6.87. The van der Waals surface area contributed by atoms with Crippen molar-refractivity contribution in [1.82, 2.24) is 0 Å². The van der Waals surface area contributed by atoms with Gasteiger partial charge in [0, 0.05) is 16.0 Å². The zero-order valence-corrected chi connectivity index (χ0v) is 12.1. The van der Waals surface area contributed by atoms with Crippen LogP contribution in [0.3, 0.4) is 0 Å². The Kier molecular flexibility index (Phi) is 3.28. The van der Waals surface area contributed by atoms with Crippen molar-refractivity contribution in [2.45, 2.75) is 20.0 Å². The van der Waals surface area contributed by atoms with E-state index in [2.05, 4.69) is 6.07 Å². The molecule has 0 aliphatic carbocycles. The maximum Gasteiger partial charge on any atom is 0.141 e. The molecule has 0 saturated carbocycles. The van der Waals surface area contributed by atoms with Crippen molar-refractivity contribution in [3.63, 3.8) is 0 Å².